The van der Waals surface area contributed by atoms with E-state index in [1.54, 1.807) is 0 Å². The highest BCUT2D eigenvalue weighted by Gasteiger charge is 2.26. The molecule has 0 bridgehead atoms. The maximum absolute atomic E-state index is 10.9. The zero-order valence-corrected chi connectivity index (χ0v) is 11.0. The van der Waals surface area contributed by atoms with Crippen LogP contribution in [0.25, 0.3) is 10.9 Å². The van der Waals surface area contributed by atoms with Gasteiger partial charge in [-0.3, -0.25) is 0 Å². The third-order valence-electron chi connectivity index (χ3n) is 3.27. The van der Waals surface area contributed by atoms with Crippen molar-refractivity contribution in [3.05, 3.63) is 35.5 Å². The lowest BCUT2D eigenvalue weighted by Gasteiger charge is -2.25. The number of H-pyrrole nitrogens is 1. The average molecular weight is 245 g/mol. The van der Waals surface area contributed by atoms with Gasteiger partial charge in [-0.1, -0.05) is 32.0 Å². The molecule has 0 aliphatic rings. The second-order valence-corrected chi connectivity index (χ2v) is 5.27. The number of fused-ring (bicyclic) bond motifs is 1. The van der Waals surface area contributed by atoms with Crippen molar-refractivity contribution in [2.24, 2.45) is 5.73 Å². The van der Waals surface area contributed by atoms with Gasteiger partial charge < -0.3 is 16.0 Å². The van der Waals surface area contributed by atoms with Crippen LogP contribution in [0.3, 0.4) is 0 Å². The summed E-state index contributed by atoms with van der Waals surface area (Å²) < 4.78 is 0. The Morgan fingerprint density at radius 1 is 1.39 bits per heavy atom. The molecule has 0 unspecified atom stereocenters. The first-order chi connectivity index (χ1) is 8.42. The van der Waals surface area contributed by atoms with E-state index in [1.807, 2.05) is 12.1 Å². The molecular weight excluding hydrogens is 226 g/mol. The van der Waals surface area contributed by atoms with Gasteiger partial charge in [-0.2, -0.15) is 0 Å². The number of urea groups is 1. The van der Waals surface area contributed by atoms with Crippen LogP contribution < -0.4 is 11.1 Å². The number of aromatic nitrogens is 1. The topological polar surface area (TPSA) is 70.9 Å². The van der Waals surface area contributed by atoms with E-state index < -0.39 is 6.03 Å². The van der Waals surface area contributed by atoms with Gasteiger partial charge in [0.15, 0.2) is 0 Å². The zero-order chi connectivity index (χ0) is 13.3. The first-order valence-electron chi connectivity index (χ1n) is 6.03. The smallest absolute Gasteiger partial charge is 0.312 e. The van der Waals surface area contributed by atoms with Crippen LogP contribution in [0.2, 0.25) is 0 Å². The van der Waals surface area contributed by atoms with Gasteiger partial charge in [0.1, 0.15) is 0 Å². The van der Waals surface area contributed by atoms with Gasteiger partial charge in [0.25, 0.3) is 0 Å². The molecule has 0 radical (unpaired) electrons. The molecular formula is C14H19N3O. The van der Waals surface area contributed by atoms with Crippen molar-refractivity contribution in [1.29, 1.82) is 0 Å². The first-order valence-corrected chi connectivity index (χ1v) is 6.03. The molecule has 0 saturated carbocycles. The van der Waals surface area contributed by atoms with Crippen LogP contribution in [0.4, 0.5) is 4.79 Å². The van der Waals surface area contributed by atoms with Gasteiger partial charge in [-0.05, 0) is 18.6 Å². The lowest BCUT2D eigenvalue weighted by Crippen LogP contribution is -2.39. The molecule has 4 N–H and O–H groups in total. The molecule has 4 heteroatoms. The number of hydrogen-bond donors (Lipinski definition) is 3. The van der Waals surface area contributed by atoms with Crippen LogP contribution in [0.5, 0.6) is 0 Å². The molecule has 1 aromatic carbocycles. The van der Waals surface area contributed by atoms with Crippen LogP contribution in [0.15, 0.2) is 24.3 Å². The monoisotopic (exact) mass is 245 g/mol. The van der Waals surface area contributed by atoms with Crippen LogP contribution in [0.1, 0.15) is 25.1 Å². The highest BCUT2D eigenvalue weighted by atomic mass is 16.2. The van der Waals surface area contributed by atoms with E-state index in [0.717, 1.165) is 11.2 Å². The summed E-state index contributed by atoms with van der Waals surface area (Å²) in [6.45, 7) is 6.78. The molecule has 18 heavy (non-hydrogen) atoms. The third kappa shape index (κ3) is 2.18. The number of hydrogen-bond acceptors (Lipinski definition) is 1. The van der Waals surface area contributed by atoms with Crippen LogP contribution >= 0.6 is 0 Å². The number of aryl methyl sites for hydroxylation is 1. The molecule has 0 aliphatic heterocycles. The van der Waals surface area contributed by atoms with Gasteiger partial charge in [-0.25, -0.2) is 4.79 Å². The summed E-state index contributed by atoms with van der Waals surface area (Å²) >= 11 is 0. The van der Waals surface area contributed by atoms with Crippen molar-refractivity contribution in [2.45, 2.75) is 26.2 Å². The quantitative estimate of drug-likeness (QED) is 0.763. The summed E-state index contributed by atoms with van der Waals surface area (Å²) in [5.41, 5.74) is 8.46. The van der Waals surface area contributed by atoms with Crippen LogP contribution in [-0.2, 0) is 5.41 Å². The Hall–Kier alpha value is -1.97. The Morgan fingerprint density at radius 2 is 2.06 bits per heavy atom. The van der Waals surface area contributed by atoms with Crippen molar-refractivity contribution in [3.63, 3.8) is 0 Å². The van der Waals surface area contributed by atoms with E-state index in [1.165, 1.54) is 10.9 Å². The molecule has 0 saturated heterocycles. The third-order valence-corrected chi connectivity index (χ3v) is 3.27. The molecule has 96 valence electrons. The highest BCUT2D eigenvalue weighted by Crippen LogP contribution is 2.32. The van der Waals surface area contributed by atoms with Crippen molar-refractivity contribution in [3.8, 4) is 0 Å². The predicted octanol–water partition coefficient (Wildman–Crippen LogP) is 2.42. The van der Waals surface area contributed by atoms with E-state index >= 15 is 0 Å². The van der Waals surface area contributed by atoms with Crippen LogP contribution in [-0.4, -0.2) is 17.6 Å². The summed E-state index contributed by atoms with van der Waals surface area (Å²) in [6, 6.07) is 7.71. The number of benzene rings is 1. The molecule has 2 amide bonds. The highest BCUT2D eigenvalue weighted by molar-refractivity contribution is 5.85. The molecule has 0 atom stereocenters. The summed E-state index contributed by atoms with van der Waals surface area (Å²) in [7, 11) is 0. The molecule has 0 fully saturated rings. The number of nitrogens with one attached hydrogen (secondary N) is 2. The van der Waals surface area contributed by atoms with E-state index in [4.69, 9.17) is 5.73 Å². The Bertz CT molecular complexity index is 584. The van der Waals surface area contributed by atoms with Crippen molar-refractivity contribution in [2.75, 3.05) is 6.54 Å². The Labute approximate surface area is 107 Å². The van der Waals surface area contributed by atoms with Gasteiger partial charge in [-0.15, -0.1) is 0 Å². The summed E-state index contributed by atoms with van der Waals surface area (Å²) in [6.07, 6.45) is 0. The van der Waals surface area contributed by atoms with Crippen molar-refractivity contribution in [1.82, 2.24) is 10.3 Å². The zero-order valence-electron chi connectivity index (χ0n) is 11.0. The normalized spacial score (nSPS) is 11.7. The molecule has 0 spiro atoms. The predicted molar refractivity (Wildman–Crippen MR) is 73.6 cm³/mol. The fourth-order valence-electron chi connectivity index (χ4n) is 2.55. The number of rotatable bonds is 3. The van der Waals surface area contributed by atoms with Gasteiger partial charge in [0.2, 0.25) is 0 Å². The second-order valence-electron chi connectivity index (χ2n) is 5.27. The standard InChI is InChI=1S/C14H19N3O/c1-9-12(14(2,3)8-16-13(15)18)10-6-4-5-7-11(10)17-9/h4-7,17H,8H2,1-3H3,(H3,15,16,18). The molecule has 2 aromatic rings. The van der Waals surface area contributed by atoms with E-state index in [9.17, 15) is 4.79 Å². The average Bonchev–Trinajstić information content (AvgIpc) is 2.63. The number of carbonyl (C=O) groups is 1. The molecule has 4 nitrogen and oxygen atoms in total. The number of primary amides is 1. The van der Waals surface area contributed by atoms with E-state index in [2.05, 4.69) is 43.2 Å². The minimum atomic E-state index is -0.486. The number of aromatic amines is 1. The molecule has 1 aromatic heterocycles. The number of para-hydroxylation sites is 1. The fourth-order valence-corrected chi connectivity index (χ4v) is 2.55. The Kier molecular flexibility index (Phi) is 3.03. The number of carbonyl (C=O) groups excluding carboxylic acids is 1. The van der Waals surface area contributed by atoms with Gasteiger partial charge in [0.05, 0.1) is 0 Å². The lowest BCUT2D eigenvalue weighted by molar-refractivity contribution is 0.246. The largest absolute Gasteiger partial charge is 0.358 e. The maximum atomic E-state index is 10.9. The summed E-state index contributed by atoms with van der Waals surface area (Å²) in [5, 5.41) is 3.89. The number of amides is 2. The first kappa shape index (κ1) is 12.5. The fraction of sp³-hybridized carbons (Fsp3) is 0.357. The summed E-state index contributed by atoms with van der Waals surface area (Å²) in [5.74, 6) is 0. The van der Waals surface area contributed by atoms with Gasteiger partial charge in [0, 0.05) is 28.6 Å². The lowest BCUT2D eigenvalue weighted by atomic mass is 9.82. The molecule has 1 heterocycles. The maximum Gasteiger partial charge on any atom is 0.312 e. The minimum absolute atomic E-state index is 0.168. The Morgan fingerprint density at radius 3 is 2.72 bits per heavy atom. The molecule has 0 aliphatic carbocycles. The Balaban J connectivity index is 2.45. The number of nitrogens with two attached hydrogens (primary N) is 1. The van der Waals surface area contributed by atoms with Gasteiger partial charge >= 0.3 is 6.03 Å². The minimum Gasteiger partial charge on any atom is -0.358 e. The van der Waals surface area contributed by atoms with Crippen molar-refractivity contribution < 1.29 is 4.79 Å². The van der Waals surface area contributed by atoms with Crippen LogP contribution in [0, 0.1) is 6.92 Å². The van der Waals surface area contributed by atoms with E-state index in [0.29, 0.717) is 6.54 Å². The summed E-state index contributed by atoms with van der Waals surface area (Å²) in [4.78, 5) is 14.2. The second kappa shape index (κ2) is 4.37. The van der Waals surface area contributed by atoms with Crippen molar-refractivity contribution >= 4 is 16.9 Å². The SMILES string of the molecule is Cc1[nH]c2ccccc2c1C(C)(C)CNC(N)=O. The van der Waals surface area contributed by atoms with E-state index in [-0.39, 0.29) is 5.41 Å². The molecule has 2 rings (SSSR count).